The molecule has 1 aromatic carbocycles. The summed E-state index contributed by atoms with van der Waals surface area (Å²) in [5.41, 5.74) is 3.62. The highest BCUT2D eigenvalue weighted by atomic mass is 16.5. The van der Waals surface area contributed by atoms with Gasteiger partial charge < -0.3 is 14.7 Å². The summed E-state index contributed by atoms with van der Waals surface area (Å²) in [7, 11) is 1.25. The molecule has 0 radical (unpaired) electrons. The standard InChI is InChI=1S/C13H19N3O3/c1-4-16(5-2)11-7-6-10(12(17)8-11)9-14-15-13(18)19-3/h6-9,17H,4-5H2,1-3H3,(H,15,18)/b14-9-. The first-order valence-electron chi connectivity index (χ1n) is 6.07. The lowest BCUT2D eigenvalue weighted by Gasteiger charge is -2.21. The third-order valence-electron chi connectivity index (χ3n) is 2.69. The average molecular weight is 265 g/mol. The Kier molecular flexibility index (Phi) is 5.66. The first-order chi connectivity index (χ1) is 9.12. The Morgan fingerprint density at radius 2 is 2.16 bits per heavy atom. The summed E-state index contributed by atoms with van der Waals surface area (Å²) in [5.74, 6) is 0.111. The van der Waals surface area contributed by atoms with E-state index < -0.39 is 6.09 Å². The number of phenols is 1. The summed E-state index contributed by atoms with van der Waals surface area (Å²) in [6.45, 7) is 5.84. The summed E-state index contributed by atoms with van der Waals surface area (Å²) in [6.07, 6.45) is 0.702. The molecule has 1 rings (SSSR count). The number of ether oxygens (including phenoxy) is 1. The second kappa shape index (κ2) is 7.25. The number of benzene rings is 1. The molecule has 0 fully saturated rings. The summed E-state index contributed by atoms with van der Waals surface area (Å²) in [5, 5.41) is 13.6. The SMILES string of the molecule is CCN(CC)c1ccc(/C=N\NC(=O)OC)c(O)c1. The lowest BCUT2D eigenvalue weighted by molar-refractivity contribution is 0.171. The number of phenolic OH excluding ortho intramolecular Hbond substituents is 1. The van der Waals surface area contributed by atoms with E-state index in [2.05, 4.69) is 34.0 Å². The maximum Gasteiger partial charge on any atom is 0.427 e. The molecule has 104 valence electrons. The van der Waals surface area contributed by atoms with E-state index in [1.54, 1.807) is 12.1 Å². The monoisotopic (exact) mass is 265 g/mol. The van der Waals surface area contributed by atoms with E-state index in [1.807, 2.05) is 6.07 Å². The topological polar surface area (TPSA) is 74.2 Å². The number of carbonyl (C=O) groups is 1. The quantitative estimate of drug-likeness (QED) is 0.630. The van der Waals surface area contributed by atoms with Crippen LogP contribution in [-0.2, 0) is 4.74 Å². The number of nitrogens with zero attached hydrogens (tertiary/aromatic N) is 2. The molecule has 0 aliphatic heterocycles. The van der Waals surface area contributed by atoms with E-state index in [1.165, 1.54) is 13.3 Å². The molecule has 6 nitrogen and oxygen atoms in total. The predicted octanol–water partition coefficient (Wildman–Crippen LogP) is 1.93. The van der Waals surface area contributed by atoms with Crippen LogP contribution in [0.1, 0.15) is 19.4 Å². The van der Waals surface area contributed by atoms with Gasteiger partial charge in [0.05, 0.1) is 13.3 Å². The van der Waals surface area contributed by atoms with Gasteiger partial charge in [0.15, 0.2) is 0 Å². The van der Waals surface area contributed by atoms with E-state index >= 15 is 0 Å². The van der Waals surface area contributed by atoms with Gasteiger partial charge >= 0.3 is 6.09 Å². The molecular weight excluding hydrogens is 246 g/mol. The van der Waals surface area contributed by atoms with Gasteiger partial charge in [-0.15, -0.1) is 0 Å². The lowest BCUT2D eigenvalue weighted by Crippen LogP contribution is -2.21. The number of methoxy groups -OCH3 is 1. The van der Waals surface area contributed by atoms with Gasteiger partial charge in [-0.1, -0.05) is 0 Å². The highest BCUT2D eigenvalue weighted by Gasteiger charge is 2.05. The van der Waals surface area contributed by atoms with Crippen LogP contribution >= 0.6 is 0 Å². The van der Waals surface area contributed by atoms with Crippen molar-refractivity contribution in [3.8, 4) is 5.75 Å². The molecule has 6 heteroatoms. The molecule has 0 heterocycles. The number of amides is 1. The maximum atomic E-state index is 10.8. The van der Waals surface area contributed by atoms with Crippen LogP contribution in [0.5, 0.6) is 5.75 Å². The van der Waals surface area contributed by atoms with Crippen molar-refractivity contribution in [2.75, 3.05) is 25.1 Å². The van der Waals surface area contributed by atoms with E-state index in [0.29, 0.717) is 5.56 Å². The van der Waals surface area contributed by atoms with Crippen molar-refractivity contribution in [2.24, 2.45) is 5.10 Å². The zero-order chi connectivity index (χ0) is 14.3. The molecule has 0 atom stereocenters. The van der Waals surface area contributed by atoms with Gasteiger partial charge in [0, 0.05) is 30.4 Å². The molecule has 1 amide bonds. The average Bonchev–Trinajstić information content (AvgIpc) is 2.42. The van der Waals surface area contributed by atoms with Crippen molar-refractivity contribution in [3.05, 3.63) is 23.8 Å². The van der Waals surface area contributed by atoms with Crippen LogP contribution in [0.2, 0.25) is 0 Å². The van der Waals surface area contributed by atoms with Crippen LogP contribution in [0, 0.1) is 0 Å². The number of carbonyl (C=O) groups excluding carboxylic acids is 1. The number of rotatable bonds is 5. The molecule has 1 aromatic rings. The normalized spacial score (nSPS) is 10.5. The fourth-order valence-electron chi connectivity index (χ4n) is 1.63. The van der Waals surface area contributed by atoms with E-state index in [4.69, 9.17) is 0 Å². The van der Waals surface area contributed by atoms with E-state index in [-0.39, 0.29) is 5.75 Å². The third-order valence-corrected chi connectivity index (χ3v) is 2.69. The highest BCUT2D eigenvalue weighted by Crippen LogP contribution is 2.23. The minimum absolute atomic E-state index is 0.111. The predicted molar refractivity (Wildman–Crippen MR) is 74.8 cm³/mol. The largest absolute Gasteiger partial charge is 0.507 e. The second-order valence-electron chi connectivity index (χ2n) is 3.78. The van der Waals surface area contributed by atoms with Gasteiger partial charge in [-0.3, -0.25) is 0 Å². The first kappa shape index (κ1) is 14.8. The zero-order valence-electron chi connectivity index (χ0n) is 11.4. The Hall–Kier alpha value is -2.24. The highest BCUT2D eigenvalue weighted by molar-refractivity contribution is 5.85. The number of hydrogen-bond donors (Lipinski definition) is 2. The number of anilines is 1. The Morgan fingerprint density at radius 1 is 1.47 bits per heavy atom. The van der Waals surface area contributed by atoms with E-state index in [0.717, 1.165) is 18.8 Å². The Bertz CT molecular complexity index is 456. The molecule has 0 aromatic heterocycles. The summed E-state index contributed by atoms with van der Waals surface area (Å²) < 4.78 is 4.37. The third kappa shape index (κ3) is 4.17. The molecule has 2 N–H and O–H groups in total. The number of nitrogens with one attached hydrogen (secondary N) is 1. The fraction of sp³-hybridized carbons (Fsp3) is 0.385. The van der Waals surface area contributed by atoms with Crippen molar-refractivity contribution in [3.63, 3.8) is 0 Å². The second-order valence-corrected chi connectivity index (χ2v) is 3.78. The number of hydrogen-bond acceptors (Lipinski definition) is 5. The fourth-order valence-corrected chi connectivity index (χ4v) is 1.63. The van der Waals surface area contributed by atoms with Gasteiger partial charge in [-0.05, 0) is 26.0 Å². The Morgan fingerprint density at radius 3 is 2.68 bits per heavy atom. The van der Waals surface area contributed by atoms with Gasteiger partial charge in [0.1, 0.15) is 5.75 Å². The van der Waals surface area contributed by atoms with Crippen LogP contribution < -0.4 is 10.3 Å². The number of aromatic hydroxyl groups is 1. The molecule has 0 bridgehead atoms. The summed E-state index contributed by atoms with van der Waals surface area (Å²) in [4.78, 5) is 12.9. The summed E-state index contributed by atoms with van der Waals surface area (Å²) >= 11 is 0. The van der Waals surface area contributed by atoms with Crippen molar-refractivity contribution in [1.29, 1.82) is 0 Å². The molecule has 0 unspecified atom stereocenters. The smallest absolute Gasteiger partial charge is 0.427 e. The molecule has 0 aliphatic rings. The maximum absolute atomic E-state index is 10.8. The van der Waals surface area contributed by atoms with Gasteiger partial charge in [0.25, 0.3) is 0 Å². The van der Waals surface area contributed by atoms with Crippen LogP contribution in [0.3, 0.4) is 0 Å². The molecular formula is C13H19N3O3. The van der Waals surface area contributed by atoms with Crippen molar-refractivity contribution in [2.45, 2.75) is 13.8 Å². The van der Waals surface area contributed by atoms with Crippen LogP contribution in [0.25, 0.3) is 0 Å². The van der Waals surface area contributed by atoms with Gasteiger partial charge in [0.2, 0.25) is 0 Å². The van der Waals surface area contributed by atoms with Crippen LogP contribution in [0.15, 0.2) is 23.3 Å². The van der Waals surface area contributed by atoms with Crippen molar-refractivity contribution < 1.29 is 14.6 Å². The van der Waals surface area contributed by atoms with Crippen LogP contribution in [0.4, 0.5) is 10.5 Å². The Labute approximate surface area is 112 Å². The molecule has 0 saturated carbocycles. The van der Waals surface area contributed by atoms with Gasteiger partial charge in [-0.2, -0.15) is 5.10 Å². The molecule has 0 aliphatic carbocycles. The Balaban J connectivity index is 2.80. The lowest BCUT2D eigenvalue weighted by atomic mass is 10.2. The van der Waals surface area contributed by atoms with Crippen molar-refractivity contribution in [1.82, 2.24) is 5.43 Å². The van der Waals surface area contributed by atoms with E-state index in [9.17, 15) is 9.90 Å². The number of hydrazone groups is 1. The molecule has 19 heavy (non-hydrogen) atoms. The minimum Gasteiger partial charge on any atom is -0.507 e. The minimum atomic E-state index is -0.657. The summed E-state index contributed by atoms with van der Waals surface area (Å²) in [6, 6.07) is 5.31. The van der Waals surface area contributed by atoms with Gasteiger partial charge in [-0.25, -0.2) is 10.2 Å². The molecule has 0 saturated heterocycles. The van der Waals surface area contributed by atoms with Crippen molar-refractivity contribution >= 4 is 18.0 Å². The van der Waals surface area contributed by atoms with Crippen LogP contribution in [-0.4, -0.2) is 37.6 Å². The molecule has 0 spiro atoms. The zero-order valence-corrected chi connectivity index (χ0v) is 11.4. The first-order valence-corrected chi connectivity index (χ1v) is 6.07.